The van der Waals surface area contributed by atoms with Gasteiger partial charge in [-0.2, -0.15) is 8.78 Å². The normalized spacial score (nSPS) is 18.2. The Balaban J connectivity index is 2.18. The van der Waals surface area contributed by atoms with Crippen LogP contribution in [0.5, 0.6) is 5.75 Å². The van der Waals surface area contributed by atoms with E-state index in [0.717, 1.165) is 13.1 Å². The molecule has 1 aromatic rings. The summed E-state index contributed by atoms with van der Waals surface area (Å²) >= 11 is 0. The van der Waals surface area contributed by atoms with Crippen molar-refractivity contribution in [3.05, 3.63) is 29.8 Å². The number of benzene rings is 1. The number of hydrogen-bond acceptors (Lipinski definition) is 3. The Morgan fingerprint density at radius 2 is 1.86 bits per heavy atom. The predicted molar refractivity (Wildman–Crippen MR) is 70.9 cm³/mol. The number of rotatable bonds is 6. The van der Waals surface area contributed by atoms with Gasteiger partial charge in [-0.25, -0.2) is 8.78 Å². The molecule has 1 aliphatic heterocycles. The van der Waals surface area contributed by atoms with Gasteiger partial charge in [-0.1, -0.05) is 12.1 Å². The molecule has 0 saturated carbocycles. The summed E-state index contributed by atoms with van der Waals surface area (Å²) in [5.74, 6) is -0.00287. The molecule has 1 atom stereocenters. The van der Waals surface area contributed by atoms with E-state index in [1.807, 2.05) is 4.90 Å². The zero-order valence-electron chi connectivity index (χ0n) is 11.4. The first-order valence-corrected chi connectivity index (χ1v) is 6.84. The molecule has 1 aromatic carbocycles. The van der Waals surface area contributed by atoms with Gasteiger partial charge in [0.1, 0.15) is 5.75 Å². The molecule has 2 rings (SSSR count). The average Bonchev–Trinajstić information content (AvgIpc) is 2.45. The summed E-state index contributed by atoms with van der Waals surface area (Å²) in [6, 6.07) is 5.54. The van der Waals surface area contributed by atoms with Crippen LogP contribution < -0.4 is 10.1 Å². The van der Waals surface area contributed by atoms with Crippen LogP contribution in [0, 0.1) is 0 Å². The second-order valence-corrected chi connectivity index (χ2v) is 4.88. The lowest BCUT2D eigenvalue weighted by Crippen LogP contribution is -2.45. The molecule has 0 aliphatic carbocycles. The van der Waals surface area contributed by atoms with E-state index in [1.165, 1.54) is 12.1 Å². The van der Waals surface area contributed by atoms with Gasteiger partial charge >= 0.3 is 6.61 Å². The number of piperazine rings is 1. The number of halogens is 4. The molecule has 7 heteroatoms. The molecule has 0 aromatic heterocycles. The number of hydrogen-bond donors (Lipinski definition) is 1. The molecule has 1 aliphatic rings. The summed E-state index contributed by atoms with van der Waals surface area (Å²) in [5, 5.41) is 3.16. The van der Waals surface area contributed by atoms with Gasteiger partial charge < -0.3 is 10.1 Å². The molecule has 0 unspecified atom stereocenters. The van der Waals surface area contributed by atoms with Crippen molar-refractivity contribution >= 4 is 0 Å². The smallest absolute Gasteiger partial charge is 0.387 e. The minimum Gasteiger partial charge on any atom is -0.435 e. The lowest BCUT2D eigenvalue weighted by Gasteiger charge is -2.35. The highest BCUT2D eigenvalue weighted by Crippen LogP contribution is 2.30. The van der Waals surface area contributed by atoms with E-state index >= 15 is 0 Å². The summed E-state index contributed by atoms with van der Waals surface area (Å²) in [5.41, 5.74) is 0.579. The van der Waals surface area contributed by atoms with Crippen LogP contribution in [0.3, 0.4) is 0 Å². The molecule has 0 amide bonds. The van der Waals surface area contributed by atoms with Crippen molar-refractivity contribution in [1.82, 2.24) is 10.2 Å². The van der Waals surface area contributed by atoms with E-state index in [9.17, 15) is 17.6 Å². The zero-order valence-corrected chi connectivity index (χ0v) is 11.4. The summed E-state index contributed by atoms with van der Waals surface area (Å²) in [4.78, 5) is 1.95. The monoisotopic (exact) mass is 306 g/mol. The van der Waals surface area contributed by atoms with Crippen LogP contribution >= 0.6 is 0 Å². The summed E-state index contributed by atoms with van der Waals surface area (Å²) in [6.45, 7) is -0.165. The van der Waals surface area contributed by atoms with Gasteiger partial charge in [0.2, 0.25) is 6.43 Å². The van der Waals surface area contributed by atoms with E-state index in [1.54, 1.807) is 12.1 Å². The van der Waals surface area contributed by atoms with Crippen LogP contribution in [0.4, 0.5) is 17.6 Å². The van der Waals surface area contributed by atoms with Crippen LogP contribution in [0.1, 0.15) is 18.0 Å². The first-order chi connectivity index (χ1) is 10.1. The Bertz CT molecular complexity index is 439. The van der Waals surface area contributed by atoms with E-state index in [2.05, 4.69) is 10.1 Å². The fourth-order valence-corrected chi connectivity index (χ4v) is 2.56. The first kappa shape index (κ1) is 16.0. The standard InChI is InChI=1S/C14H18F4N2O/c15-13(16)9-12(20-6-4-19-5-7-20)10-2-1-3-11(8-10)21-14(17)18/h1-3,8,12-14,19H,4-7,9H2/t12-/m1/s1. The number of ether oxygens (including phenoxy) is 1. The van der Waals surface area contributed by atoms with Crippen molar-refractivity contribution in [2.24, 2.45) is 0 Å². The maximum Gasteiger partial charge on any atom is 0.387 e. The molecule has 3 nitrogen and oxygen atoms in total. The van der Waals surface area contributed by atoms with E-state index in [0.29, 0.717) is 18.7 Å². The third-order valence-electron chi connectivity index (χ3n) is 3.46. The quantitative estimate of drug-likeness (QED) is 0.818. The third kappa shape index (κ3) is 4.86. The van der Waals surface area contributed by atoms with E-state index < -0.39 is 19.1 Å². The van der Waals surface area contributed by atoms with Gasteiger partial charge in [0, 0.05) is 38.6 Å². The van der Waals surface area contributed by atoms with Crippen molar-refractivity contribution < 1.29 is 22.3 Å². The van der Waals surface area contributed by atoms with Crippen LogP contribution in [0.2, 0.25) is 0 Å². The highest BCUT2D eigenvalue weighted by atomic mass is 19.3. The van der Waals surface area contributed by atoms with Crippen LogP contribution in [-0.4, -0.2) is 44.1 Å². The highest BCUT2D eigenvalue weighted by Gasteiger charge is 2.25. The zero-order chi connectivity index (χ0) is 15.2. The maximum absolute atomic E-state index is 12.8. The fraction of sp³-hybridized carbons (Fsp3) is 0.571. The predicted octanol–water partition coefficient (Wildman–Crippen LogP) is 2.89. The van der Waals surface area contributed by atoms with Crippen LogP contribution in [0.15, 0.2) is 24.3 Å². The molecule has 21 heavy (non-hydrogen) atoms. The Hall–Kier alpha value is -1.34. The number of alkyl halides is 4. The molecule has 1 saturated heterocycles. The van der Waals surface area contributed by atoms with Crippen molar-refractivity contribution in [3.63, 3.8) is 0 Å². The summed E-state index contributed by atoms with van der Waals surface area (Å²) in [7, 11) is 0. The first-order valence-electron chi connectivity index (χ1n) is 6.84. The summed E-state index contributed by atoms with van der Waals surface area (Å²) < 4.78 is 54.5. The minimum absolute atomic E-state index is 0.00287. The van der Waals surface area contributed by atoms with Crippen LogP contribution in [0.25, 0.3) is 0 Å². The van der Waals surface area contributed by atoms with E-state index in [-0.39, 0.29) is 12.2 Å². The Kier molecular flexibility index (Phi) is 5.81. The maximum atomic E-state index is 12.8. The highest BCUT2D eigenvalue weighted by molar-refractivity contribution is 5.31. The minimum atomic E-state index is -2.92. The molecule has 0 spiro atoms. The summed E-state index contributed by atoms with van der Waals surface area (Å²) in [6.07, 6.45) is -2.78. The Labute approximate surface area is 120 Å². The number of nitrogens with one attached hydrogen (secondary N) is 1. The topological polar surface area (TPSA) is 24.5 Å². The molecule has 118 valence electrons. The lowest BCUT2D eigenvalue weighted by molar-refractivity contribution is -0.0499. The Morgan fingerprint density at radius 1 is 1.14 bits per heavy atom. The largest absolute Gasteiger partial charge is 0.435 e. The Morgan fingerprint density at radius 3 is 2.48 bits per heavy atom. The number of nitrogens with zero attached hydrogens (tertiary/aromatic N) is 1. The molecular weight excluding hydrogens is 288 g/mol. The molecule has 0 radical (unpaired) electrons. The SMILES string of the molecule is FC(F)C[C@H](c1cccc(OC(F)F)c1)N1CCNCC1. The molecule has 0 bridgehead atoms. The molecular formula is C14H18F4N2O. The van der Waals surface area contributed by atoms with Gasteiger partial charge in [-0.15, -0.1) is 0 Å². The molecule has 1 N–H and O–H groups in total. The third-order valence-corrected chi connectivity index (χ3v) is 3.46. The van der Waals surface area contributed by atoms with Gasteiger partial charge in [-0.3, -0.25) is 4.90 Å². The van der Waals surface area contributed by atoms with Gasteiger partial charge in [0.25, 0.3) is 0 Å². The van der Waals surface area contributed by atoms with Crippen molar-refractivity contribution in [1.29, 1.82) is 0 Å². The van der Waals surface area contributed by atoms with Crippen molar-refractivity contribution in [2.75, 3.05) is 26.2 Å². The molecule has 1 fully saturated rings. The van der Waals surface area contributed by atoms with Gasteiger partial charge in [0.15, 0.2) is 0 Å². The fourth-order valence-electron chi connectivity index (χ4n) is 2.56. The van der Waals surface area contributed by atoms with Crippen LogP contribution in [-0.2, 0) is 0 Å². The van der Waals surface area contributed by atoms with Gasteiger partial charge in [0.05, 0.1) is 0 Å². The van der Waals surface area contributed by atoms with E-state index in [4.69, 9.17) is 0 Å². The van der Waals surface area contributed by atoms with Crippen molar-refractivity contribution in [3.8, 4) is 5.75 Å². The second-order valence-electron chi connectivity index (χ2n) is 4.88. The second kappa shape index (κ2) is 7.61. The average molecular weight is 306 g/mol. The van der Waals surface area contributed by atoms with Gasteiger partial charge in [-0.05, 0) is 17.7 Å². The van der Waals surface area contributed by atoms with Crippen molar-refractivity contribution in [2.45, 2.75) is 25.5 Å². The molecule has 1 heterocycles. The lowest BCUT2D eigenvalue weighted by atomic mass is 10.0.